The van der Waals surface area contributed by atoms with E-state index >= 15 is 0 Å². The van der Waals surface area contributed by atoms with E-state index in [0.717, 1.165) is 5.01 Å². The molecule has 21 heavy (non-hydrogen) atoms. The number of carbonyl (C=O) groups excluding carboxylic acids is 1. The molecule has 0 spiro atoms. The van der Waals surface area contributed by atoms with Crippen molar-refractivity contribution < 1.29 is 19.4 Å². The van der Waals surface area contributed by atoms with E-state index in [2.05, 4.69) is 10.3 Å². The highest BCUT2D eigenvalue weighted by Gasteiger charge is 2.36. The van der Waals surface area contributed by atoms with Gasteiger partial charge in [0.15, 0.2) is 5.54 Å². The first kappa shape index (κ1) is 17.6. The number of nitrogens with one attached hydrogen (secondary N) is 1. The molecular formula is C14H22N2O4S. The molecule has 0 aliphatic carbocycles. The summed E-state index contributed by atoms with van der Waals surface area (Å²) in [5.74, 6) is -1.58. The second-order valence-electron chi connectivity index (χ2n) is 6.21. The number of ether oxygens (including phenoxy) is 1. The van der Waals surface area contributed by atoms with Crippen molar-refractivity contribution in [2.75, 3.05) is 13.7 Å². The minimum atomic E-state index is -1.47. The van der Waals surface area contributed by atoms with Crippen LogP contribution in [0.5, 0.6) is 0 Å². The van der Waals surface area contributed by atoms with Gasteiger partial charge in [-0.05, 0) is 13.8 Å². The Morgan fingerprint density at radius 3 is 2.29 bits per heavy atom. The number of carboxylic acid groups (broad SMARTS) is 1. The first-order valence-electron chi connectivity index (χ1n) is 6.54. The zero-order valence-electron chi connectivity index (χ0n) is 13.2. The molecule has 7 heteroatoms. The molecule has 0 aromatic carbocycles. The smallest absolute Gasteiger partial charge is 0.331 e. The number of aryl methyl sites for hydroxylation is 1. The summed E-state index contributed by atoms with van der Waals surface area (Å²) in [5, 5.41) is 12.6. The number of aromatic nitrogens is 1. The first-order chi connectivity index (χ1) is 9.51. The van der Waals surface area contributed by atoms with Crippen LogP contribution in [0.25, 0.3) is 0 Å². The van der Waals surface area contributed by atoms with Crippen LogP contribution >= 0.6 is 11.3 Å². The van der Waals surface area contributed by atoms with E-state index in [1.54, 1.807) is 6.92 Å². The van der Waals surface area contributed by atoms with E-state index in [1.807, 2.05) is 20.8 Å². The Bertz CT molecular complexity index is 548. The normalized spacial score (nSPS) is 14.6. The largest absolute Gasteiger partial charge is 0.479 e. The molecule has 0 saturated heterocycles. The van der Waals surface area contributed by atoms with E-state index in [9.17, 15) is 14.7 Å². The second-order valence-corrected chi connectivity index (χ2v) is 7.21. The summed E-state index contributed by atoms with van der Waals surface area (Å²) >= 11 is 1.29. The van der Waals surface area contributed by atoms with Gasteiger partial charge < -0.3 is 15.2 Å². The molecule has 1 atom stereocenters. The summed E-state index contributed by atoms with van der Waals surface area (Å²) in [6.07, 6.45) is 0. The van der Waals surface area contributed by atoms with Crippen molar-refractivity contribution in [3.8, 4) is 0 Å². The van der Waals surface area contributed by atoms with Gasteiger partial charge in [0.05, 0.1) is 17.3 Å². The Hall–Kier alpha value is -1.47. The molecule has 1 aromatic rings. The van der Waals surface area contributed by atoms with Gasteiger partial charge in [-0.15, -0.1) is 11.3 Å². The molecule has 0 aliphatic heterocycles. The molecule has 0 fully saturated rings. The zero-order valence-corrected chi connectivity index (χ0v) is 14.1. The van der Waals surface area contributed by atoms with Gasteiger partial charge in [0, 0.05) is 12.5 Å². The number of carbonyl (C=O) groups is 2. The summed E-state index contributed by atoms with van der Waals surface area (Å²) in [6, 6.07) is 0. The van der Waals surface area contributed by atoms with E-state index in [4.69, 9.17) is 4.74 Å². The predicted octanol–water partition coefficient (Wildman–Crippen LogP) is 1.97. The molecule has 1 heterocycles. The standard InChI is InChI=1S/C14H22N2O4S/c1-8-9(21-11(15-8)13(2,3)4)10(17)16-14(5,7-20-6)12(18)19/h7H2,1-6H3,(H,16,17)(H,18,19). The van der Waals surface area contributed by atoms with Crippen LogP contribution in [0.1, 0.15) is 48.1 Å². The summed E-state index contributed by atoms with van der Waals surface area (Å²) in [5.41, 5.74) is -1.02. The molecular weight excluding hydrogens is 292 g/mol. The van der Waals surface area contributed by atoms with Crippen LogP contribution in [-0.4, -0.2) is 41.2 Å². The zero-order chi connectivity index (χ0) is 16.4. The Balaban J connectivity index is 3.04. The SMILES string of the molecule is COCC(C)(NC(=O)c1sc(C(C)(C)C)nc1C)C(=O)O. The van der Waals surface area contributed by atoms with Crippen molar-refractivity contribution >= 4 is 23.2 Å². The maximum atomic E-state index is 12.3. The Kier molecular flexibility index (Phi) is 5.11. The van der Waals surface area contributed by atoms with Gasteiger partial charge in [-0.2, -0.15) is 0 Å². The fourth-order valence-corrected chi connectivity index (χ4v) is 2.69. The molecule has 6 nitrogen and oxygen atoms in total. The van der Waals surface area contributed by atoms with E-state index in [0.29, 0.717) is 10.6 Å². The molecule has 0 saturated carbocycles. The molecule has 0 radical (unpaired) electrons. The number of thiazole rings is 1. The minimum absolute atomic E-state index is 0.113. The number of hydrogen-bond donors (Lipinski definition) is 2. The maximum absolute atomic E-state index is 12.3. The van der Waals surface area contributed by atoms with Crippen molar-refractivity contribution in [3.05, 3.63) is 15.6 Å². The lowest BCUT2D eigenvalue weighted by Gasteiger charge is -2.25. The van der Waals surface area contributed by atoms with Crippen molar-refractivity contribution in [2.45, 2.75) is 45.6 Å². The van der Waals surface area contributed by atoms with Crippen molar-refractivity contribution in [3.63, 3.8) is 0 Å². The quantitative estimate of drug-likeness (QED) is 0.867. The van der Waals surface area contributed by atoms with Crippen LogP contribution < -0.4 is 5.32 Å². The highest BCUT2D eigenvalue weighted by molar-refractivity contribution is 7.14. The number of hydrogen-bond acceptors (Lipinski definition) is 5. The fourth-order valence-electron chi connectivity index (χ4n) is 1.68. The van der Waals surface area contributed by atoms with Crippen molar-refractivity contribution in [2.24, 2.45) is 0 Å². The second kappa shape index (κ2) is 6.11. The third kappa shape index (κ3) is 4.01. The molecule has 2 N–H and O–H groups in total. The molecule has 0 aliphatic rings. The first-order valence-corrected chi connectivity index (χ1v) is 7.35. The number of methoxy groups -OCH3 is 1. The topological polar surface area (TPSA) is 88.5 Å². The van der Waals surface area contributed by atoms with Gasteiger partial charge in [-0.3, -0.25) is 4.79 Å². The van der Waals surface area contributed by atoms with Crippen LogP contribution in [0.15, 0.2) is 0 Å². The van der Waals surface area contributed by atoms with E-state index in [1.165, 1.54) is 25.4 Å². The summed E-state index contributed by atoms with van der Waals surface area (Å²) < 4.78 is 4.89. The number of nitrogens with zero attached hydrogens (tertiary/aromatic N) is 1. The number of amides is 1. The average molecular weight is 314 g/mol. The molecule has 1 unspecified atom stereocenters. The Labute approximate surface area is 128 Å². The highest BCUT2D eigenvalue weighted by atomic mass is 32.1. The van der Waals surface area contributed by atoms with Gasteiger partial charge in [0.25, 0.3) is 5.91 Å². The van der Waals surface area contributed by atoms with Crippen LogP contribution in [0.4, 0.5) is 0 Å². The number of carboxylic acids is 1. The summed E-state index contributed by atoms with van der Waals surface area (Å²) in [7, 11) is 1.39. The lowest BCUT2D eigenvalue weighted by Crippen LogP contribution is -2.55. The Morgan fingerprint density at radius 2 is 1.90 bits per heavy atom. The molecule has 118 valence electrons. The fraction of sp³-hybridized carbons (Fsp3) is 0.643. The third-order valence-corrected chi connectivity index (χ3v) is 4.52. The predicted molar refractivity (Wildman–Crippen MR) is 80.9 cm³/mol. The van der Waals surface area contributed by atoms with Gasteiger partial charge in [0.1, 0.15) is 4.88 Å². The number of rotatable bonds is 5. The van der Waals surface area contributed by atoms with Gasteiger partial charge in [-0.1, -0.05) is 20.8 Å². The van der Waals surface area contributed by atoms with Gasteiger partial charge in [0.2, 0.25) is 0 Å². The van der Waals surface area contributed by atoms with Crippen LogP contribution in [0.3, 0.4) is 0 Å². The van der Waals surface area contributed by atoms with Gasteiger partial charge >= 0.3 is 5.97 Å². The number of aliphatic carboxylic acids is 1. The molecule has 1 amide bonds. The summed E-state index contributed by atoms with van der Waals surface area (Å²) in [4.78, 5) is 28.5. The average Bonchev–Trinajstić information content (AvgIpc) is 2.71. The van der Waals surface area contributed by atoms with Crippen LogP contribution in [0, 0.1) is 6.92 Å². The lowest BCUT2D eigenvalue weighted by molar-refractivity contribution is -0.145. The minimum Gasteiger partial charge on any atom is -0.479 e. The van der Waals surface area contributed by atoms with Crippen LogP contribution in [-0.2, 0) is 14.9 Å². The summed E-state index contributed by atoms with van der Waals surface area (Å²) in [6.45, 7) is 9.09. The molecule has 0 bridgehead atoms. The van der Waals surface area contributed by atoms with Gasteiger partial charge in [-0.25, -0.2) is 9.78 Å². The van der Waals surface area contributed by atoms with Crippen LogP contribution in [0.2, 0.25) is 0 Å². The third-order valence-electron chi connectivity index (χ3n) is 2.94. The van der Waals surface area contributed by atoms with E-state index in [-0.39, 0.29) is 12.0 Å². The van der Waals surface area contributed by atoms with Crippen molar-refractivity contribution in [1.29, 1.82) is 0 Å². The highest BCUT2D eigenvalue weighted by Crippen LogP contribution is 2.29. The van der Waals surface area contributed by atoms with E-state index < -0.39 is 17.4 Å². The Morgan fingerprint density at radius 1 is 1.33 bits per heavy atom. The van der Waals surface area contributed by atoms with Crippen molar-refractivity contribution in [1.82, 2.24) is 10.3 Å². The molecule has 1 aromatic heterocycles. The lowest BCUT2D eigenvalue weighted by atomic mass is 9.98. The maximum Gasteiger partial charge on any atom is 0.331 e. The molecule has 1 rings (SSSR count). The monoisotopic (exact) mass is 314 g/mol.